The van der Waals surface area contributed by atoms with Crippen molar-refractivity contribution in [1.82, 2.24) is 10.6 Å². The highest BCUT2D eigenvalue weighted by atomic mass is 16.5. The molecule has 0 aromatic heterocycles. The summed E-state index contributed by atoms with van der Waals surface area (Å²) < 4.78 is 5.21. The molecule has 0 radical (unpaired) electrons. The van der Waals surface area contributed by atoms with Gasteiger partial charge in [-0.3, -0.25) is 4.79 Å². The summed E-state index contributed by atoms with van der Waals surface area (Å²) in [6, 6.07) is 11.8. The fourth-order valence-corrected chi connectivity index (χ4v) is 2.42. The molecule has 1 fully saturated rings. The first-order valence-corrected chi connectivity index (χ1v) is 6.37. The number of fused-ring (bicyclic) bond motifs is 1. The van der Waals surface area contributed by atoms with Gasteiger partial charge in [0.05, 0.1) is 7.11 Å². The van der Waals surface area contributed by atoms with Gasteiger partial charge < -0.3 is 15.4 Å². The maximum absolute atomic E-state index is 11.8. The van der Waals surface area contributed by atoms with Crippen LogP contribution in [0.1, 0.15) is 11.6 Å². The van der Waals surface area contributed by atoms with Gasteiger partial charge in [0.15, 0.2) is 0 Å². The number of carbonyl (C=O) groups excluding carboxylic acids is 1. The minimum atomic E-state index is -0.250. The zero-order valence-corrected chi connectivity index (χ0v) is 10.8. The molecule has 2 aromatic rings. The van der Waals surface area contributed by atoms with E-state index in [1.165, 1.54) is 0 Å². The van der Waals surface area contributed by atoms with Gasteiger partial charge in [-0.25, -0.2) is 0 Å². The first-order valence-electron chi connectivity index (χ1n) is 6.37. The van der Waals surface area contributed by atoms with Crippen LogP contribution in [0.3, 0.4) is 0 Å². The number of nitrogens with one attached hydrogen (secondary N) is 2. The van der Waals surface area contributed by atoms with Gasteiger partial charge in [-0.2, -0.15) is 0 Å². The van der Waals surface area contributed by atoms with Gasteiger partial charge in [0.2, 0.25) is 5.91 Å². The van der Waals surface area contributed by atoms with E-state index in [1.807, 2.05) is 30.3 Å². The number of hydrogen-bond donors (Lipinski definition) is 2. The SMILES string of the molecule is COc1ccc2cc(C3NCCNC3=O)ccc2c1. The lowest BCUT2D eigenvalue weighted by molar-refractivity contribution is -0.124. The summed E-state index contributed by atoms with van der Waals surface area (Å²) in [7, 11) is 1.66. The van der Waals surface area contributed by atoms with Crippen LogP contribution in [0, 0.1) is 0 Å². The summed E-state index contributed by atoms with van der Waals surface area (Å²) in [4.78, 5) is 11.8. The minimum absolute atomic E-state index is 0.0408. The van der Waals surface area contributed by atoms with E-state index in [0.29, 0.717) is 6.54 Å². The van der Waals surface area contributed by atoms with E-state index in [1.54, 1.807) is 7.11 Å². The molecule has 1 heterocycles. The Kier molecular flexibility index (Phi) is 3.09. The van der Waals surface area contributed by atoms with E-state index >= 15 is 0 Å². The van der Waals surface area contributed by atoms with E-state index in [0.717, 1.165) is 28.6 Å². The molecule has 1 atom stereocenters. The van der Waals surface area contributed by atoms with Gasteiger partial charge in [0.25, 0.3) is 0 Å². The highest BCUT2D eigenvalue weighted by Crippen LogP contribution is 2.24. The molecule has 98 valence electrons. The Bertz CT molecular complexity index is 625. The molecule has 1 aliphatic rings. The molecule has 0 bridgehead atoms. The van der Waals surface area contributed by atoms with Crippen LogP contribution in [-0.4, -0.2) is 26.1 Å². The third-order valence-corrected chi connectivity index (χ3v) is 3.44. The van der Waals surface area contributed by atoms with Crippen molar-refractivity contribution in [1.29, 1.82) is 0 Å². The van der Waals surface area contributed by atoms with E-state index in [4.69, 9.17) is 4.74 Å². The Morgan fingerprint density at radius 2 is 1.89 bits per heavy atom. The van der Waals surface area contributed by atoms with Crippen LogP contribution >= 0.6 is 0 Å². The Morgan fingerprint density at radius 3 is 2.68 bits per heavy atom. The van der Waals surface area contributed by atoms with Gasteiger partial charge >= 0.3 is 0 Å². The molecular weight excluding hydrogens is 240 g/mol. The van der Waals surface area contributed by atoms with Crippen LogP contribution in [0.25, 0.3) is 10.8 Å². The van der Waals surface area contributed by atoms with Gasteiger partial charge in [-0.1, -0.05) is 18.2 Å². The Hall–Kier alpha value is -2.07. The summed E-state index contributed by atoms with van der Waals surface area (Å²) in [5, 5.41) is 8.33. The summed E-state index contributed by atoms with van der Waals surface area (Å²) in [5.74, 6) is 0.882. The molecule has 0 spiro atoms. The van der Waals surface area contributed by atoms with Crippen LogP contribution in [0.15, 0.2) is 36.4 Å². The van der Waals surface area contributed by atoms with Crippen molar-refractivity contribution in [2.75, 3.05) is 20.2 Å². The summed E-state index contributed by atoms with van der Waals surface area (Å²) in [5.41, 5.74) is 0.995. The fraction of sp³-hybridized carbons (Fsp3) is 0.267. The smallest absolute Gasteiger partial charge is 0.241 e. The molecule has 0 aliphatic carbocycles. The number of hydrogen-bond acceptors (Lipinski definition) is 3. The van der Waals surface area contributed by atoms with Gasteiger partial charge in [-0.15, -0.1) is 0 Å². The highest BCUT2D eigenvalue weighted by molar-refractivity contribution is 5.88. The molecule has 1 saturated heterocycles. The molecule has 19 heavy (non-hydrogen) atoms. The topological polar surface area (TPSA) is 50.4 Å². The normalized spacial score (nSPS) is 19.2. The molecule has 1 amide bonds. The Balaban J connectivity index is 1.99. The molecule has 1 aliphatic heterocycles. The first kappa shape index (κ1) is 12.0. The van der Waals surface area contributed by atoms with Crippen molar-refractivity contribution in [3.63, 3.8) is 0 Å². The van der Waals surface area contributed by atoms with Crippen LogP contribution < -0.4 is 15.4 Å². The average Bonchev–Trinajstić information content (AvgIpc) is 2.46. The van der Waals surface area contributed by atoms with Gasteiger partial charge in [0, 0.05) is 13.1 Å². The quantitative estimate of drug-likeness (QED) is 0.858. The second-order valence-electron chi connectivity index (χ2n) is 4.65. The lowest BCUT2D eigenvalue weighted by Crippen LogP contribution is -2.47. The number of rotatable bonds is 2. The standard InChI is InChI=1S/C15H16N2O2/c1-19-13-5-4-10-8-12(3-2-11(10)9-13)14-15(18)17-7-6-16-14/h2-5,8-9,14,16H,6-7H2,1H3,(H,17,18). The van der Waals surface area contributed by atoms with Crippen molar-refractivity contribution in [2.24, 2.45) is 0 Å². The second-order valence-corrected chi connectivity index (χ2v) is 4.65. The molecule has 0 saturated carbocycles. The van der Waals surface area contributed by atoms with Crippen molar-refractivity contribution in [2.45, 2.75) is 6.04 Å². The Labute approximate surface area is 111 Å². The number of benzene rings is 2. The van der Waals surface area contributed by atoms with Crippen LogP contribution in [0.4, 0.5) is 0 Å². The van der Waals surface area contributed by atoms with E-state index in [9.17, 15) is 4.79 Å². The van der Waals surface area contributed by atoms with Crippen molar-refractivity contribution in [3.8, 4) is 5.75 Å². The second kappa shape index (κ2) is 4.90. The molecule has 1 unspecified atom stereocenters. The predicted molar refractivity (Wildman–Crippen MR) is 74.3 cm³/mol. The largest absolute Gasteiger partial charge is 0.497 e. The fourth-order valence-electron chi connectivity index (χ4n) is 2.42. The number of methoxy groups -OCH3 is 1. The minimum Gasteiger partial charge on any atom is -0.497 e. The number of piperazine rings is 1. The van der Waals surface area contributed by atoms with Crippen LogP contribution in [-0.2, 0) is 4.79 Å². The molecule has 2 aromatic carbocycles. The zero-order valence-electron chi connectivity index (χ0n) is 10.8. The van der Waals surface area contributed by atoms with Crippen LogP contribution in [0.5, 0.6) is 5.75 Å². The molecule has 3 rings (SSSR count). The van der Waals surface area contributed by atoms with Gasteiger partial charge in [0.1, 0.15) is 11.8 Å². The van der Waals surface area contributed by atoms with Crippen molar-refractivity contribution in [3.05, 3.63) is 42.0 Å². The molecular formula is C15H16N2O2. The third kappa shape index (κ3) is 2.27. The maximum Gasteiger partial charge on any atom is 0.241 e. The zero-order chi connectivity index (χ0) is 13.2. The monoisotopic (exact) mass is 256 g/mol. The lowest BCUT2D eigenvalue weighted by atomic mass is 10.00. The maximum atomic E-state index is 11.8. The van der Waals surface area contributed by atoms with Crippen molar-refractivity contribution >= 4 is 16.7 Å². The van der Waals surface area contributed by atoms with E-state index < -0.39 is 0 Å². The lowest BCUT2D eigenvalue weighted by Gasteiger charge is -2.24. The Morgan fingerprint density at radius 1 is 1.11 bits per heavy atom. The average molecular weight is 256 g/mol. The number of ether oxygens (including phenoxy) is 1. The molecule has 4 heteroatoms. The predicted octanol–water partition coefficient (Wildman–Crippen LogP) is 1.61. The first-order chi connectivity index (χ1) is 9.28. The van der Waals surface area contributed by atoms with Gasteiger partial charge in [-0.05, 0) is 34.5 Å². The summed E-state index contributed by atoms with van der Waals surface area (Å²) >= 11 is 0. The number of carbonyl (C=O) groups is 1. The van der Waals surface area contributed by atoms with Crippen molar-refractivity contribution < 1.29 is 9.53 Å². The highest BCUT2D eigenvalue weighted by Gasteiger charge is 2.22. The van der Waals surface area contributed by atoms with Crippen LogP contribution in [0.2, 0.25) is 0 Å². The molecule has 4 nitrogen and oxygen atoms in total. The summed E-state index contributed by atoms with van der Waals surface area (Å²) in [6.45, 7) is 1.50. The van der Waals surface area contributed by atoms with E-state index in [2.05, 4.69) is 16.7 Å². The third-order valence-electron chi connectivity index (χ3n) is 3.44. The summed E-state index contributed by atoms with van der Waals surface area (Å²) in [6.07, 6.45) is 0. The molecule has 2 N–H and O–H groups in total. The number of amides is 1. The van der Waals surface area contributed by atoms with E-state index in [-0.39, 0.29) is 11.9 Å².